The molecule has 1 aromatic rings. The second-order valence-electron chi connectivity index (χ2n) is 4.08. The lowest BCUT2D eigenvalue weighted by Gasteiger charge is -2.30. The van der Waals surface area contributed by atoms with E-state index in [9.17, 15) is 4.79 Å². The molecular weight excluding hydrogens is 284 g/mol. The number of carbonyl (C=O) groups is 1. The first-order valence-electron chi connectivity index (χ1n) is 5.65. The lowest BCUT2D eigenvalue weighted by atomic mass is 9.96. The minimum atomic E-state index is -0.412. The molecule has 1 aliphatic heterocycles. The van der Waals surface area contributed by atoms with Crippen molar-refractivity contribution in [3.05, 3.63) is 46.1 Å². The summed E-state index contributed by atoms with van der Waals surface area (Å²) in [4.78, 5) is 11.9. The predicted octanol–water partition coefficient (Wildman–Crippen LogP) is 2.31. The summed E-state index contributed by atoms with van der Waals surface area (Å²) in [5.74, 6) is -0.412. The number of allylic oxidation sites excluding steroid dienone is 1. The molecule has 1 aromatic carbocycles. The number of hydrogen-bond acceptors (Lipinski definition) is 3. The van der Waals surface area contributed by atoms with Crippen LogP contribution in [0.5, 0.6) is 0 Å². The van der Waals surface area contributed by atoms with Crippen LogP contribution >= 0.6 is 23.8 Å². The van der Waals surface area contributed by atoms with Crippen LogP contribution in [0, 0.1) is 0 Å². The van der Waals surface area contributed by atoms with Gasteiger partial charge in [-0.3, -0.25) is 0 Å². The molecule has 2 rings (SSSR count). The van der Waals surface area contributed by atoms with Crippen molar-refractivity contribution in [1.29, 1.82) is 0 Å². The zero-order valence-corrected chi connectivity index (χ0v) is 12.1. The molecule has 1 aliphatic rings. The molecule has 0 aliphatic carbocycles. The molecule has 0 bridgehead atoms. The van der Waals surface area contributed by atoms with E-state index in [1.807, 2.05) is 18.2 Å². The quantitative estimate of drug-likeness (QED) is 0.648. The molecule has 6 heteroatoms. The van der Waals surface area contributed by atoms with Gasteiger partial charge in [-0.15, -0.1) is 0 Å². The Balaban J connectivity index is 2.53. The molecule has 0 saturated heterocycles. The summed E-state index contributed by atoms with van der Waals surface area (Å²) in [5.41, 5.74) is 1.93. The number of hydrogen-bond donors (Lipinski definition) is 2. The van der Waals surface area contributed by atoms with Gasteiger partial charge in [0.1, 0.15) is 0 Å². The summed E-state index contributed by atoms with van der Waals surface area (Å²) < 4.78 is 4.82. The Bertz CT molecular complexity index is 572. The fourth-order valence-corrected chi connectivity index (χ4v) is 2.53. The van der Waals surface area contributed by atoms with Gasteiger partial charge < -0.3 is 15.4 Å². The number of rotatable bonds is 2. The van der Waals surface area contributed by atoms with Gasteiger partial charge in [0.25, 0.3) is 0 Å². The normalized spacial score (nSPS) is 18.7. The van der Waals surface area contributed by atoms with Crippen molar-refractivity contribution in [2.45, 2.75) is 13.0 Å². The maximum atomic E-state index is 11.9. The minimum Gasteiger partial charge on any atom is -0.466 e. The fourth-order valence-electron chi connectivity index (χ4n) is 2.02. The van der Waals surface area contributed by atoms with Gasteiger partial charge in [0.2, 0.25) is 0 Å². The van der Waals surface area contributed by atoms with Crippen LogP contribution < -0.4 is 10.6 Å². The van der Waals surface area contributed by atoms with Gasteiger partial charge in [0.15, 0.2) is 5.11 Å². The molecule has 0 radical (unpaired) electrons. The average Bonchev–Trinajstić information content (AvgIpc) is 2.37. The van der Waals surface area contributed by atoms with E-state index in [1.54, 1.807) is 13.0 Å². The molecule has 100 valence electrons. The average molecular weight is 297 g/mol. The van der Waals surface area contributed by atoms with Crippen LogP contribution in [0.3, 0.4) is 0 Å². The largest absolute Gasteiger partial charge is 0.466 e. The molecule has 1 heterocycles. The van der Waals surface area contributed by atoms with Crippen LogP contribution in [0.1, 0.15) is 18.5 Å². The number of methoxy groups -OCH3 is 1. The van der Waals surface area contributed by atoms with E-state index < -0.39 is 12.0 Å². The zero-order valence-electron chi connectivity index (χ0n) is 10.5. The molecule has 0 spiro atoms. The standard InChI is InChI=1S/C13H13ClN2O2S/c1-7-10(12(17)18-2)11(16-13(19)15-7)8-5-3-4-6-9(8)14/h3-6,11H,1-2H3,(H2,15,16,19)/t11-/m1/s1. The molecule has 0 unspecified atom stereocenters. The fraction of sp³-hybridized carbons (Fsp3) is 0.231. The number of esters is 1. The Labute approximate surface area is 121 Å². The van der Waals surface area contributed by atoms with Crippen LogP contribution in [0.15, 0.2) is 35.5 Å². The number of carbonyl (C=O) groups excluding carboxylic acids is 1. The highest BCUT2D eigenvalue weighted by atomic mass is 35.5. The SMILES string of the molecule is COC(=O)C1=C(C)NC(=S)N[C@@H]1c1ccccc1Cl. The Morgan fingerprint density at radius 3 is 2.74 bits per heavy atom. The molecule has 0 fully saturated rings. The Morgan fingerprint density at radius 2 is 2.11 bits per heavy atom. The number of benzene rings is 1. The van der Waals surface area contributed by atoms with Crippen molar-refractivity contribution in [2.24, 2.45) is 0 Å². The molecule has 0 aromatic heterocycles. The van der Waals surface area contributed by atoms with Gasteiger partial charge in [-0.05, 0) is 30.8 Å². The van der Waals surface area contributed by atoms with Crippen LogP contribution in [0.25, 0.3) is 0 Å². The second kappa shape index (κ2) is 5.59. The summed E-state index contributed by atoms with van der Waals surface area (Å²) in [5, 5.41) is 6.99. The van der Waals surface area contributed by atoms with Crippen LogP contribution in [0.4, 0.5) is 0 Å². The van der Waals surface area contributed by atoms with Crippen molar-refractivity contribution in [2.75, 3.05) is 7.11 Å². The van der Waals surface area contributed by atoms with Gasteiger partial charge >= 0.3 is 5.97 Å². The third kappa shape index (κ3) is 2.72. The highest BCUT2D eigenvalue weighted by Crippen LogP contribution is 2.31. The van der Waals surface area contributed by atoms with E-state index in [1.165, 1.54) is 7.11 Å². The zero-order chi connectivity index (χ0) is 14.0. The first-order chi connectivity index (χ1) is 9.04. The van der Waals surface area contributed by atoms with Crippen LogP contribution in [-0.4, -0.2) is 18.2 Å². The Hall–Kier alpha value is -1.59. The lowest BCUT2D eigenvalue weighted by Crippen LogP contribution is -2.45. The van der Waals surface area contributed by atoms with Crippen LogP contribution in [-0.2, 0) is 9.53 Å². The minimum absolute atomic E-state index is 0.408. The van der Waals surface area contributed by atoms with E-state index in [2.05, 4.69) is 10.6 Å². The lowest BCUT2D eigenvalue weighted by molar-refractivity contribution is -0.136. The van der Waals surface area contributed by atoms with Gasteiger partial charge in [-0.2, -0.15) is 0 Å². The van der Waals surface area contributed by atoms with Gasteiger partial charge in [-0.1, -0.05) is 29.8 Å². The van der Waals surface area contributed by atoms with Crippen molar-refractivity contribution in [1.82, 2.24) is 10.6 Å². The second-order valence-corrected chi connectivity index (χ2v) is 4.90. The van der Waals surface area contributed by atoms with E-state index in [0.717, 1.165) is 5.56 Å². The van der Waals surface area contributed by atoms with Crippen LogP contribution in [0.2, 0.25) is 5.02 Å². The Kier molecular flexibility index (Phi) is 4.07. The third-order valence-electron chi connectivity index (χ3n) is 2.89. The summed E-state index contributed by atoms with van der Waals surface area (Å²) in [7, 11) is 1.35. The molecule has 4 nitrogen and oxygen atoms in total. The molecule has 0 amide bonds. The number of nitrogens with one attached hydrogen (secondary N) is 2. The molecule has 1 atom stereocenters. The summed E-state index contributed by atoms with van der Waals surface area (Å²) >= 11 is 11.3. The maximum absolute atomic E-state index is 11.9. The first-order valence-corrected chi connectivity index (χ1v) is 6.44. The molecule has 2 N–H and O–H groups in total. The van der Waals surface area contributed by atoms with E-state index >= 15 is 0 Å². The monoisotopic (exact) mass is 296 g/mol. The van der Waals surface area contributed by atoms with E-state index in [0.29, 0.717) is 21.4 Å². The highest BCUT2D eigenvalue weighted by molar-refractivity contribution is 7.80. The number of ether oxygens (including phenoxy) is 1. The Morgan fingerprint density at radius 1 is 1.42 bits per heavy atom. The van der Waals surface area contributed by atoms with E-state index in [4.69, 9.17) is 28.6 Å². The summed E-state index contributed by atoms with van der Waals surface area (Å²) in [6.07, 6.45) is 0. The van der Waals surface area contributed by atoms with E-state index in [-0.39, 0.29) is 0 Å². The smallest absolute Gasteiger partial charge is 0.337 e. The first kappa shape index (κ1) is 13.8. The van der Waals surface area contributed by atoms with Gasteiger partial charge in [-0.25, -0.2) is 4.79 Å². The van der Waals surface area contributed by atoms with Gasteiger partial charge in [0.05, 0.1) is 18.7 Å². The summed E-state index contributed by atoms with van der Waals surface area (Å²) in [6.45, 7) is 1.78. The van der Waals surface area contributed by atoms with Crippen molar-refractivity contribution < 1.29 is 9.53 Å². The predicted molar refractivity (Wildman–Crippen MR) is 77.8 cm³/mol. The van der Waals surface area contributed by atoms with Crippen molar-refractivity contribution in [3.8, 4) is 0 Å². The highest BCUT2D eigenvalue weighted by Gasteiger charge is 2.31. The third-order valence-corrected chi connectivity index (χ3v) is 3.45. The van der Waals surface area contributed by atoms with Crippen molar-refractivity contribution in [3.63, 3.8) is 0 Å². The van der Waals surface area contributed by atoms with Crippen molar-refractivity contribution >= 4 is 34.9 Å². The number of thiocarbonyl (C=S) groups is 1. The van der Waals surface area contributed by atoms with Gasteiger partial charge in [0, 0.05) is 10.7 Å². The summed E-state index contributed by atoms with van der Waals surface area (Å²) in [6, 6.07) is 6.91. The maximum Gasteiger partial charge on any atom is 0.337 e. The number of halogens is 1. The topological polar surface area (TPSA) is 50.4 Å². The molecule has 19 heavy (non-hydrogen) atoms. The molecule has 0 saturated carbocycles. The molecular formula is C13H13ClN2O2S.